The van der Waals surface area contributed by atoms with Crippen molar-refractivity contribution >= 4 is 5.91 Å². The first-order valence-electron chi connectivity index (χ1n) is 5.84. The molecule has 0 bridgehead atoms. The molecule has 0 saturated heterocycles. The number of hydrogen-bond donors (Lipinski definition) is 2. The van der Waals surface area contributed by atoms with E-state index in [1.807, 2.05) is 26.0 Å². The largest absolute Gasteiger partial charge is 0.467 e. The molecule has 0 aliphatic rings. The fourth-order valence-electron chi connectivity index (χ4n) is 1.22. The van der Waals surface area contributed by atoms with Crippen LogP contribution in [0.4, 0.5) is 0 Å². The molecule has 0 fully saturated rings. The van der Waals surface area contributed by atoms with Crippen molar-refractivity contribution in [2.75, 3.05) is 0 Å². The third-order valence-electron chi connectivity index (χ3n) is 2.46. The number of nitrogens with zero attached hydrogens (tertiary/aromatic N) is 1. The van der Waals surface area contributed by atoms with Crippen LogP contribution in [0.2, 0.25) is 0 Å². The van der Waals surface area contributed by atoms with Crippen LogP contribution < -0.4 is 10.6 Å². The topological polar surface area (TPSA) is 78.1 Å². The summed E-state index contributed by atoms with van der Waals surface area (Å²) in [6.45, 7) is 4.30. The number of furan rings is 1. The first kappa shape index (κ1) is 13.8. The van der Waals surface area contributed by atoms with E-state index in [0.29, 0.717) is 6.54 Å². The molecule has 1 amide bonds. The molecule has 0 spiro atoms. The zero-order valence-electron chi connectivity index (χ0n) is 10.6. The van der Waals surface area contributed by atoms with Crippen molar-refractivity contribution in [2.24, 2.45) is 0 Å². The summed E-state index contributed by atoms with van der Waals surface area (Å²) in [5.74, 6) is 0.379. The minimum Gasteiger partial charge on any atom is -0.467 e. The lowest BCUT2D eigenvalue weighted by molar-refractivity contribution is -0.117. The van der Waals surface area contributed by atoms with E-state index in [9.17, 15) is 4.79 Å². The number of amides is 1. The Morgan fingerprint density at radius 2 is 2.44 bits per heavy atom. The quantitative estimate of drug-likeness (QED) is 0.592. The summed E-state index contributed by atoms with van der Waals surface area (Å²) < 4.78 is 5.12. The van der Waals surface area contributed by atoms with E-state index in [2.05, 4.69) is 10.6 Å². The number of carbonyl (C=O) groups is 1. The van der Waals surface area contributed by atoms with Gasteiger partial charge in [0.1, 0.15) is 17.4 Å². The minimum atomic E-state index is -0.362. The highest BCUT2D eigenvalue weighted by atomic mass is 16.3. The second-order valence-electron chi connectivity index (χ2n) is 3.91. The SMILES string of the molecule is CCC(C)NC(=O)/C(C#N)=C\NCc1ccco1. The van der Waals surface area contributed by atoms with E-state index >= 15 is 0 Å². The maximum Gasteiger partial charge on any atom is 0.263 e. The first-order chi connectivity index (χ1) is 8.67. The average molecular weight is 247 g/mol. The van der Waals surface area contributed by atoms with Crippen molar-refractivity contribution in [3.63, 3.8) is 0 Å². The number of nitrogens with one attached hydrogen (secondary N) is 2. The average Bonchev–Trinajstić information content (AvgIpc) is 2.87. The maximum absolute atomic E-state index is 11.7. The van der Waals surface area contributed by atoms with Crippen LogP contribution in [-0.2, 0) is 11.3 Å². The summed E-state index contributed by atoms with van der Waals surface area (Å²) in [4.78, 5) is 11.7. The highest BCUT2D eigenvalue weighted by Gasteiger charge is 2.10. The van der Waals surface area contributed by atoms with Gasteiger partial charge in [-0.3, -0.25) is 4.79 Å². The Bertz CT molecular complexity index is 443. The highest BCUT2D eigenvalue weighted by molar-refractivity contribution is 5.97. The van der Waals surface area contributed by atoms with Gasteiger partial charge >= 0.3 is 0 Å². The molecule has 0 aliphatic carbocycles. The first-order valence-corrected chi connectivity index (χ1v) is 5.84. The molecule has 96 valence electrons. The summed E-state index contributed by atoms with van der Waals surface area (Å²) >= 11 is 0. The molecule has 5 nitrogen and oxygen atoms in total. The fourth-order valence-corrected chi connectivity index (χ4v) is 1.22. The van der Waals surface area contributed by atoms with Crippen molar-refractivity contribution in [3.05, 3.63) is 35.9 Å². The molecule has 0 radical (unpaired) electrons. The van der Waals surface area contributed by atoms with Crippen molar-refractivity contribution in [1.82, 2.24) is 10.6 Å². The van der Waals surface area contributed by atoms with Crippen molar-refractivity contribution < 1.29 is 9.21 Å². The Morgan fingerprint density at radius 3 is 3.00 bits per heavy atom. The fraction of sp³-hybridized carbons (Fsp3) is 0.385. The molecule has 18 heavy (non-hydrogen) atoms. The van der Waals surface area contributed by atoms with E-state index in [-0.39, 0.29) is 17.5 Å². The van der Waals surface area contributed by atoms with Crippen LogP contribution in [0.15, 0.2) is 34.6 Å². The molecular weight excluding hydrogens is 230 g/mol. The molecule has 0 aliphatic heterocycles. The van der Waals surface area contributed by atoms with Crippen LogP contribution in [0, 0.1) is 11.3 Å². The molecular formula is C13H17N3O2. The van der Waals surface area contributed by atoms with Crippen LogP contribution in [0.1, 0.15) is 26.0 Å². The van der Waals surface area contributed by atoms with Gasteiger partial charge in [0, 0.05) is 12.2 Å². The molecule has 5 heteroatoms. The van der Waals surface area contributed by atoms with Gasteiger partial charge in [-0.2, -0.15) is 5.26 Å². The van der Waals surface area contributed by atoms with Crippen LogP contribution in [0.25, 0.3) is 0 Å². The summed E-state index contributed by atoms with van der Waals surface area (Å²) in [7, 11) is 0. The van der Waals surface area contributed by atoms with Gasteiger partial charge in [0.2, 0.25) is 0 Å². The van der Waals surface area contributed by atoms with E-state index in [1.165, 1.54) is 6.20 Å². The lowest BCUT2D eigenvalue weighted by atomic mass is 10.2. The summed E-state index contributed by atoms with van der Waals surface area (Å²) in [5, 5.41) is 14.5. The molecule has 1 unspecified atom stereocenters. The Kier molecular flexibility index (Phi) is 5.52. The van der Waals surface area contributed by atoms with Gasteiger partial charge < -0.3 is 15.1 Å². The second kappa shape index (κ2) is 7.17. The van der Waals surface area contributed by atoms with Gasteiger partial charge in [0.05, 0.1) is 12.8 Å². The van der Waals surface area contributed by atoms with Crippen LogP contribution >= 0.6 is 0 Å². The van der Waals surface area contributed by atoms with Crippen LogP contribution in [0.5, 0.6) is 0 Å². The third kappa shape index (κ3) is 4.34. The molecule has 1 aromatic heterocycles. The summed E-state index contributed by atoms with van der Waals surface area (Å²) in [6.07, 6.45) is 3.80. The monoisotopic (exact) mass is 247 g/mol. The Balaban J connectivity index is 2.49. The molecule has 1 heterocycles. The Hall–Kier alpha value is -2.22. The van der Waals surface area contributed by atoms with Gasteiger partial charge in [-0.15, -0.1) is 0 Å². The predicted octanol–water partition coefficient (Wildman–Crippen LogP) is 1.69. The van der Waals surface area contributed by atoms with E-state index < -0.39 is 0 Å². The second-order valence-corrected chi connectivity index (χ2v) is 3.91. The number of hydrogen-bond acceptors (Lipinski definition) is 4. The lowest BCUT2D eigenvalue weighted by Gasteiger charge is -2.10. The van der Waals surface area contributed by atoms with E-state index in [0.717, 1.165) is 12.2 Å². The van der Waals surface area contributed by atoms with Crippen molar-refractivity contribution in [2.45, 2.75) is 32.9 Å². The van der Waals surface area contributed by atoms with Crippen molar-refractivity contribution in [3.8, 4) is 6.07 Å². The number of rotatable bonds is 6. The van der Waals surface area contributed by atoms with Gasteiger partial charge in [-0.1, -0.05) is 6.92 Å². The van der Waals surface area contributed by atoms with E-state index in [1.54, 1.807) is 12.3 Å². The minimum absolute atomic E-state index is 0.0549. The van der Waals surface area contributed by atoms with Gasteiger partial charge in [-0.25, -0.2) is 0 Å². The van der Waals surface area contributed by atoms with E-state index in [4.69, 9.17) is 9.68 Å². The lowest BCUT2D eigenvalue weighted by Crippen LogP contribution is -2.33. The normalized spacial score (nSPS) is 12.6. The molecule has 2 N–H and O–H groups in total. The zero-order valence-corrected chi connectivity index (χ0v) is 10.6. The van der Waals surface area contributed by atoms with Crippen LogP contribution in [-0.4, -0.2) is 11.9 Å². The van der Waals surface area contributed by atoms with Gasteiger partial charge in [-0.05, 0) is 25.5 Å². The van der Waals surface area contributed by atoms with Gasteiger partial charge in [0.15, 0.2) is 0 Å². The molecule has 0 aromatic carbocycles. The maximum atomic E-state index is 11.7. The third-order valence-corrected chi connectivity index (χ3v) is 2.46. The predicted molar refractivity (Wildman–Crippen MR) is 67.1 cm³/mol. The number of nitriles is 1. The molecule has 1 rings (SSSR count). The Labute approximate surface area is 106 Å². The molecule has 1 atom stereocenters. The molecule has 1 aromatic rings. The zero-order chi connectivity index (χ0) is 13.4. The Morgan fingerprint density at radius 1 is 1.67 bits per heavy atom. The van der Waals surface area contributed by atoms with Crippen molar-refractivity contribution in [1.29, 1.82) is 5.26 Å². The van der Waals surface area contributed by atoms with Gasteiger partial charge in [0.25, 0.3) is 5.91 Å². The smallest absolute Gasteiger partial charge is 0.263 e. The van der Waals surface area contributed by atoms with Crippen LogP contribution in [0.3, 0.4) is 0 Å². The highest BCUT2D eigenvalue weighted by Crippen LogP contribution is 2.00. The molecule has 0 saturated carbocycles. The standard InChI is InChI=1S/C13H17N3O2/c1-3-10(2)16-13(17)11(7-14)8-15-9-12-5-4-6-18-12/h4-6,8,10,15H,3,9H2,1-2H3,(H,16,17)/b11-8-. The number of carbonyl (C=O) groups excluding carboxylic acids is 1. The summed E-state index contributed by atoms with van der Waals surface area (Å²) in [6, 6.07) is 5.51. The summed E-state index contributed by atoms with van der Waals surface area (Å²) in [5.41, 5.74) is 0.0573.